The first-order valence-corrected chi connectivity index (χ1v) is 5.34. The Balaban J connectivity index is 2.71. The number of ketones is 1. The molecule has 0 spiro atoms. The number of hydrogen-bond donors (Lipinski definition) is 1. The number of rotatable bonds is 3. The molecular formula is C11H18O3. The highest BCUT2D eigenvalue weighted by Crippen LogP contribution is 2.32. The summed E-state index contributed by atoms with van der Waals surface area (Å²) in [5, 5.41) is 8.86. The van der Waals surface area contributed by atoms with Crippen molar-refractivity contribution < 1.29 is 14.7 Å². The van der Waals surface area contributed by atoms with E-state index in [0.717, 1.165) is 19.3 Å². The summed E-state index contributed by atoms with van der Waals surface area (Å²) in [5.74, 6) is -1.41. The van der Waals surface area contributed by atoms with Crippen molar-refractivity contribution >= 4 is 11.8 Å². The lowest BCUT2D eigenvalue weighted by Crippen LogP contribution is -2.36. The zero-order chi connectivity index (χ0) is 10.7. The van der Waals surface area contributed by atoms with Crippen LogP contribution in [-0.2, 0) is 9.59 Å². The lowest BCUT2D eigenvalue weighted by atomic mass is 9.74. The number of aliphatic carboxylic acids is 1. The van der Waals surface area contributed by atoms with E-state index in [1.807, 2.05) is 13.8 Å². The summed E-state index contributed by atoms with van der Waals surface area (Å²) in [7, 11) is 0. The van der Waals surface area contributed by atoms with Crippen molar-refractivity contribution in [2.45, 2.75) is 39.5 Å². The van der Waals surface area contributed by atoms with E-state index in [2.05, 4.69) is 0 Å². The molecule has 0 radical (unpaired) electrons. The van der Waals surface area contributed by atoms with Crippen LogP contribution in [0.1, 0.15) is 39.5 Å². The predicted octanol–water partition coefficient (Wildman–Crippen LogP) is 2.10. The van der Waals surface area contributed by atoms with Gasteiger partial charge in [0, 0.05) is 5.92 Å². The molecule has 3 nitrogen and oxygen atoms in total. The molecule has 0 bridgehead atoms. The van der Waals surface area contributed by atoms with Crippen LogP contribution in [0.2, 0.25) is 0 Å². The molecule has 0 saturated heterocycles. The molecule has 0 heterocycles. The van der Waals surface area contributed by atoms with Crippen molar-refractivity contribution in [3.8, 4) is 0 Å². The molecule has 3 atom stereocenters. The topological polar surface area (TPSA) is 54.4 Å². The van der Waals surface area contributed by atoms with Crippen LogP contribution in [-0.4, -0.2) is 16.9 Å². The van der Waals surface area contributed by atoms with Crippen LogP contribution in [0.4, 0.5) is 0 Å². The molecule has 1 rings (SSSR count). The Labute approximate surface area is 84.5 Å². The van der Waals surface area contributed by atoms with Gasteiger partial charge < -0.3 is 5.11 Å². The fourth-order valence-corrected chi connectivity index (χ4v) is 2.18. The Hall–Kier alpha value is -0.860. The van der Waals surface area contributed by atoms with Gasteiger partial charge in [0.2, 0.25) is 0 Å². The van der Waals surface area contributed by atoms with Gasteiger partial charge in [0.15, 0.2) is 0 Å². The van der Waals surface area contributed by atoms with Gasteiger partial charge in [0.1, 0.15) is 11.7 Å². The van der Waals surface area contributed by atoms with E-state index in [9.17, 15) is 9.59 Å². The van der Waals surface area contributed by atoms with Crippen LogP contribution in [0, 0.1) is 17.8 Å². The summed E-state index contributed by atoms with van der Waals surface area (Å²) >= 11 is 0. The molecule has 3 unspecified atom stereocenters. The van der Waals surface area contributed by atoms with Crippen LogP contribution in [0.25, 0.3) is 0 Å². The Bertz CT molecular complexity index is 235. The normalized spacial score (nSPS) is 30.0. The van der Waals surface area contributed by atoms with Gasteiger partial charge in [0.05, 0.1) is 0 Å². The number of carbonyl (C=O) groups is 2. The van der Waals surface area contributed by atoms with Gasteiger partial charge in [-0.15, -0.1) is 0 Å². The molecule has 0 amide bonds. The quantitative estimate of drug-likeness (QED) is 0.706. The maximum Gasteiger partial charge on any atom is 0.314 e. The number of Topliss-reactive ketones (excluding diaryl/α,β-unsaturated/α-hetero) is 1. The second kappa shape index (κ2) is 4.58. The Morgan fingerprint density at radius 2 is 2.21 bits per heavy atom. The van der Waals surface area contributed by atoms with E-state index < -0.39 is 11.9 Å². The molecule has 3 heteroatoms. The maximum absolute atomic E-state index is 11.8. The molecule has 0 aromatic carbocycles. The van der Waals surface area contributed by atoms with E-state index in [-0.39, 0.29) is 11.7 Å². The molecule has 1 saturated carbocycles. The van der Waals surface area contributed by atoms with Crippen LogP contribution in [0.3, 0.4) is 0 Å². The molecule has 80 valence electrons. The van der Waals surface area contributed by atoms with Crippen LogP contribution in [0.5, 0.6) is 0 Å². The highest BCUT2D eigenvalue weighted by atomic mass is 16.4. The smallest absolute Gasteiger partial charge is 0.314 e. The first-order valence-electron chi connectivity index (χ1n) is 5.34. The van der Waals surface area contributed by atoms with Crippen molar-refractivity contribution in [2.24, 2.45) is 17.8 Å². The summed E-state index contributed by atoms with van der Waals surface area (Å²) in [5.41, 5.74) is 0. The summed E-state index contributed by atoms with van der Waals surface area (Å²) < 4.78 is 0. The first-order chi connectivity index (χ1) is 6.57. The second-order valence-corrected chi connectivity index (χ2v) is 4.22. The van der Waals surface area contributed by atoms with Crippen LogP contribution >= 0.6 is 0 Å². The summed E-state index contributed by atoms with van der Waals surface area (Å²) in [6.45, 7) is 4.08. The van der Waals surface area contributed by atoms with Crippen LogP contribution < -0.4 is 0 Å². The fraction of sp³-hybridized carbons (Fsp3) is 0.818. The molecule has 0 aliphatic heterocycles. The maximum atomic E-state index is 11.8. The van der Waals surface area contributed by atoms with Crippen molar-refractivity contribution in [2.75, 3.05) is 0 Å². The average molecular weight is 198 g/mol. The Morgan fingerprint density at radius 1 is 1.57 bits per heavy atom. The number of carboxylic acids is 1. The van der Waals surface area contributed by atoms with Gasteiger partial charge >= 0.3 is 5.97 Å². The first kappa shape index (κ1) is 11.2. The number of carbonyl (C=O) groups excluding carboxylic acids is 1. The van der Waals surface area contributed by atoms with Gasteiger partial charge in [-0.3, -0.25) is 9.59 Å². The minimum absolute atomic E-state index is 0.0187. The largest absolute Gasteiger partial charge is 0.481 e. The third-order valence-corrected chi connectivity index (χ3v) is 3.35. The van der Waals surface area contributed by atoms with E-state index in [1.54, 1.807) is 0 Å². The van der Waals surface area contributed by atoms with Crippen LogP contribution in [0.15, 0.2) is 0 Å². The standard InChI is InChI=1S/C11H18O3/c1-3-7(2)8-5-4-6-9(10(8)12)11(13)14/h7-9H,3-6H2,1-2H3,(H,13,14). The van der Waals surface area contributed by atoms with Gasteiger partial charge in [-0.2, -0.15) is 0 Å². The molecule has 1 aliphatic rings. The van der Waals surface area contributed by atoms with E-state index in [0.29, 0.717) is 12.3 Å². The summed E-state index contributed by atoms with van der Waals surface area (Å²) in [4.78, 5) is 22.6. The van der Waals surface area contributed by atoms with E-state index in [4.69, 9.17) is 5.11 Å². The van der Waals surface area contributed by atoms with E-state index >= 15 is 0 Å². The molecule has 1 aliphatic carbocycles. The zero-order valence-corrected chi connectivity index (χ0v) is 8.82. The zero-order valence-electron chi connectivity index (χ0n) is 8.82. The number of hydrogen-bond acceptors (Lipinski definition) is 2. The lowest BCUT2D eigenvalue weighted by Gasteiger charge is -2.29. The average Bonchev–Trinajstić information content (AvgIpc) is 2.16. The van der Waals surface area contributed by atoms with Crippen molar-refractivity contribution in [3.63, 3.8) is 0 Å². The minimum atomic E-state index is -0.942. The molecule has 0 aromatic rings. The third-order valence-electron chi connectivity index (χ3n) is 3.35. The number of carboxylic acid groups (broad SMARTS) is 1. The van der Waals surface area contributed by atoms with Gasteiger partial charge in [0.25, 0.3) is 0 Å². The lowest BCUT2D eigenvalue weighted by molar-refractivity contribution is -0.150. The van der Waals surface area contributed by atoms with E-state index in [1.165, 1.54) is 0 Å². The summed E-state index contributed by atoms with van der Waals surface area (Å²) in [6.07, 6.45) is 3.22. The van der Waals surface area contributed by atoms with Crippen molar-refractivity contribution in [3.05, 3.63) is 0 Å². The highest BCUT2D eigenvalue weighted by molar-refractivity contribution is 6.00. The minimum Gasteiger partial charge on any atom is -0.481 e. The molecule has 1 N–H and O–H groups in total. The molecule has 14 heavy (non-hydrogen) atoms. The highest BCUT2D eigenvalue weighted by Gasteiger charge is 2.37. The molecule has 1 fully saturated rings. The second-order valence-electron chi connectivity index (χ2n) is 4.22. The monoisotopic (exact) mass is 198 g/mol. The third kappa shape index (κ3) is 2.14. The van der Waals surface area contributed by atoms with Crippen molar-refractivity contribution in [1.82, 2.24) is 0 Å². The summed E-state index contributed by atoms with van der Waals surface area (Å²) in [6, 6.07) is 0. The van der Waals surface area contributed by atoms with Gasteiger partial charge in [-0.1, -0.05) is 26.7 Å². The fourth-order valence-electron chi connectivity index (χ4n) is 2.18. The predicted molar refractivity (Wildman–Crippen MR) is 52.9 cm³/mol. The molecule has 0 aromatic heterocycles. The Morgan fingerprint density at radius 3 is 2.71 bits per heavy atom. The van der Waals surface area contributed by atoms with Crippen molar-refractivity contribution in [1.29, 1.82) is 0 Å². The van der Waals surface area contributed by atoms with Gasteiger partial charge in [-0.05, 0) is 18.8 Å². The SMILES string of the molecule is CCC(C)C1CCCC(C(=O)O)C1=O. The Kier molecular flexibility index (Phi) is 3.67. The molecular weight excluding hydrogens is 180 g/mol. The van der Waals surface area contributed by atoms with Gasteiger partial charge in [-0.25, -0.2) is 0 Å².